The molecular formula is C8H4Br3NO. The number of hydrogen-bond donors (Lipinski definition) is 0. The number of nitrogens with zero attached hydrogens (tertiary/aromatic N) is 1. The summed E-state index contributed by atoms with van der Waals surface area (Å²) in [5.74, 6) is 0. The molecule has 2 nitrogen and oxygen atoms in total. The number of aliphatic imine (C=N–C) groups is 1. The van der Waals surface area contributed by atoms with Crippen LogP contribution < -0.4 is 0 Å². The van der Waals surface area contributed by atoms with E-state index < -0.39 is 2.14 Å². The molecule has 0 aromatic heterocycles. The average Bonchev–Trinajstić information content (AvgIpc) is 2.04. The monoisotopic (exact) mass is 367 g/mol. The highest BCUT2D eigenvalue weighted by molar-refractivity contribution is 9.38. The highest BCUT2D eigenvalue weighted by Crippen LogP contribution is 2.47. The summed E-state index contributed by atoms with van der Waals surface area (Å²) in [6, 6.07) is 7.24. The first kappa shape index (κ1) is 11.1. The van der Waals surface area contributed by atoms with Gasteiger partial charge in [-0.15, -0.1) is 0 Å². The van der Waals surface area contributed by atoms with E-state index in [1.807, 2.05) is 12.1 Å². The smallest absolute Gasteiger partial charge is 0.211 e. The Morgan fingerprint density at radius 1 is 1.23 bits per heavy atom. The molecule has 0 bridgehead atoms. The topological polar surface area (TPSA) is 29.4 Å². The summed E-state index contributed by atoms with van der Waals surface area (Å²) < 4.78 is -0.552. The molecule has 0 unspecified atom stereocenters. The molecular weight excluding hydrogens is 366 g/mol. The Kier molecular flexibility index (Phi) is 3.86. The molecule has 0 amide bonds. The third kappa shape index (κ3) is 3.02. The van der Waals surface area contributed by atoms with Gasteiger partial charge < -0.3 is 0 Å². The van der Waals surface area contributed by atoms with E-state index in [9.17, 15) is 4.79 Å². The van der Waals surface area contributed by atoms with E-state index in [0.29, 0.717) is 5.69 Å². The lowest BCUT2D eigenvalue weighted by atomic mass is 10.2. The van der Waals surface area contributed by atoms with Crippen molar-refractivity contribution in [2.24, 2.45) is 4.99 Å². The number of carbonyl (C=O) groups excluding carboxylic acids is 1. The molecule has 0 saturated carbocycles. The molecule has 5 heteroatoms. The van der Waals surface area contributed by atoms with Crippen molar-refractivity contribution in [2.75, 3.05) is 0 Å². The molecule has 68 valence electrons. The number of rotatable bonds is 1. The van der Waals surface area contributed by atoms with Gasteiger partial charge in [-0.25, -0.2) is 4.79 Å². The van der Waals surface area contributed by atoms with Gasteiger partial charge in [-0.05, 0) is 6.07 Å². The first-order valence-electron chi connectivity index (χ1n) is 3.30. The van der Waals surface area contributed by atoms with E-state index in [4.69, 9.17) is 0 Å². The lowest BCUT2D eigenvalue weighted by molar-refractivity contribution is 0.565. The van der Waals surface area contributed by atoms with E-state index in [1.54, 1.807) is 12.1 Å². The minimum absolute atomic E-state index is 0.552. The zero-order valence-electron chi connectivity index (χ0n) is 6.30. The first-order valence-corrected chi connectivity index (χ1v) is 5.67. The van der Waals surface area contributed by atoms with Crippen molar-refractivity contribution >= 4 is 59.6 Å². The van der Waals surface area contributed by atoms with Crippen molar-refractivity contribution in [3.05, 3.63) is 29.8 Å². The molecule has 0 spiro atoms. The lowest BCUT2D eigenvalue weighted by Gasteiger charge is -2.13. The van der Waals surface area contributed by atoms with Crippen molar-refractivity contribution < 1.29 is 4.79 Å². The number of isocyanates is 1. The van der Waals surface area contributed by atoms with Crippen molar-refractivity contribution in [3.63, 3.8) is 0 Å². The van der Waals surface area contributed by atoms with Gasteiger partial charge in [0.2, 0.25) is 6.08 Å². The van der Waals surface area contributed by atoms with Crippen LogP contribution in [-0.4, -0.2) is 6.08 Å². The standard InChI is InChI=1S/C8H4Br3NO/c9-8(10,11)6-3-1-2-4-7(6)12-5-13/h1-4H. The van der Waals surface area contributed by atoms with Gasteiger partial charge in [0, 0.05) is 5.56 Å². The predicted molar refractivity (Wildman–Crippen MR) is 62.7 cm³/mol. The minimum atomic E-state index is -0.552. The highest BCUT2D eigenvalue weighted by Gasteiger charge is 2.23. The Hall–Kier alpha value is 0.0400. The fourth-order valence-corrected chi connectivity index (χ4v) is 1.87. The van der Waals surface area contributed by atoms with E-state index in [-0.39, 0.29) is 0 Å². The molecule has 0 aliphatic rings. The number of benzene rings is 1. The molecule has 0 fully saturated rings. The van der Waals surface area contributed by atoms with Crippen LogP contribution >= 0.6 is 47.8 Å². The van der Waals surface area contributed by atoms with Crippen molar-refractivity contribution in [1.29, 1.82) is 0 Å². The number of para-hydroxylation sites is 1. The lowest BCUT2D eigenvalue weighted by Crippen LogP contribution is -1.97. The number of hydrogen-bond acceptors (Lipinski definition) is 2. The third-order valence-electron chi connectivity index (χ3n) is 1.38. The van der Waals surface area contributed by atoms with Gasteiger partial charge in [-0.2, -0.15) is 4.99 Å². The largest absolute Gasteiger partial charge is 0.240 e. The second-order valence-electron chi connectivity index (χ2n) is 2.22. The summed E-state index contributed by atoms with van der Waals surface area (Å²) in [6.45, 7) is 0. The van der Waals surface area contributed by atoms with Gasteiger partial charge in [0.25, 0.3) is 0 Å². The van der Waals surface area contributed by atoms with E-state index >= 15 is 0 Å². The average molecular weight is 370 g/mol. The Bertz CT molecular complexity index is 353. The van der Waals surface area contributed by atoms with Gasteiger partial charge in [-0.1, -0.05) is 66.0 Å². The summed E-state index contributed by atoms with van der Waals surface area (Å²) in [7, 11) is 0. The van der Waals surface area contributed by atoms with E-state index in [0.717, 1.165) is 5.56 Å². The predicted octanol–water partition coefficient (Wildman–Crippen LogP) is 3.95. The molecule has 0 saturated heterocycles. The van der Waals surface area contributed by atoms with Crippen LogP contribution in [0, 0.1) is 0 Å². The fourth-order valence-electron chi connectivity index (χ4n) is 0.860. The molecule has 0 radical (unpaired) electrons. The quantitative estimate of drug-likeness (QED) is 0.418. The van der Waals surface area contributed by atoms with E-state index in [2.05, 4.69) is 52.8 Å². The van der Waals surface area contributed by atoms with Crippen LogP contribution in [0.15, 0.2) is 29.3 Å². The van der Waals surface area contributed by atoms with Gasteiger partial charge in [0.1, 0.15) is 0 Å². The van der Waals surface area contributed by atoms with Gasteiger partial charge in [0.05, 0.1) is 5.69 Å². The maximum Gasteiger partial charge on any atom is 0.240 e. The summed E-state index contributed by atoms with van der Waals surface area (Å²) in [6.07, 6.45) is 1.51. The van der Waals surface area contributed by atoms with Gasteiger partial charge in [-0.3, -0.25) is 0 Å². The molecule has 1 aromatic rings. The van der Waals surface area contributed by atoms with Crippen LogP contribution in [0.1, 0.15) is 5.56 Å². The van der Waals surface area contributed by atoms with Crippen LogP contribution in [-0.2, 0) is 6.94 Å². The van der Waals surface area contributed by atoms with Crippen LogP contribution in [0.4, 0.5) is 5.69 Å². The Morgan fingerprint density at radius 2 is 1.85 bits per heavy atom. The van der Waals surface area contributed by atoms with Crippen molar-refractivity contribution in [3.8, 4) is 0 Å². The molecule has 0 heterocycles. The van der Waals surface area contributed by atoms with Crippen LogP contribution in [0.3, 0.4) is 0 Å². The summed E-state index contributed by atoms with van der Waals surface area (Å²) in [4.78, 5) is 13.7. The normalized spacial score (nSPS) is 10.7. The first-order chi connectivity index (χ1) is 6.05. The molecule has 1 rings (SSSR count). The zero-order chi connectivity index (χ0) is 9.90. The summed E-state index contributed by atoms with van der Waals surface area (Å²) >= 11 is 10.1. The molecule has 0 aliphatic carbocycles. The van der Waals surface area contributed by atoms with E-state index in [1.165, 1.54) is 6.08 Å². The molecule has 0 atom stereocenters. The van der Waals surface area contributed by atoms with Crippen molar-refractivity contribution in [1.82, 2.24) is 0 Å². The number of alkyl halides is 3. The molecule has 13 heavy (non-hydrogen) atoms. The molecule has 0 N–H and O–H groups in total. The van der Waals surface area contributed by atoms with Crippen molar-refractivity contribution in [2.45, 2.75) is 2.14 Å². The maximum atomic E-state index is 10.1. The Labute approximate surface area is 101 Å². The van der Waals surface area contributed by atoms with Crippen LogP contribution in [0.2, 0.25) is 0 Å². The molecule has 1 aromatic carbocycles. The zero-order valence-corrected chi connectivity index (χ0v) is 11.1. The second kappa shape index (κ2) is 4.51. The summed E-state index contributed by atoms with van der Waals surface area (Å²) in [5.41, 5.74) is 1.39. The Balaban J connectivity index is 3.27. The maximum absolute atomic E-state index is 10.1. The Morgan fingerprint density at radius 3 is 2.38 bits per heavy atom. The highest BCUT2D eigenvalue weighted by atomic mass is 80.0. The third-order valence-corrected chi connectivity index (χ3v) is 2.66. The second-order valence-corrected chi connectivity index (χ2v) is 8.98. The SMILES string of the molecule is O=C=Nc1ccccc1C(Br)(Br)Br. The summed E-state index contributed by atoms with van der Waals surface area (Å²) in [5, 5.41) is 0. The van der Waals surface area contributed by atoms with Gasteiger partial charge >= 0.3 is 0 Å². The van der Waals surface area contributed by atoms with Gasteiger partial charge in [0.15, 0.2) is 2.14 Å². The van der Waals surface area contributed by atoms with Crippen LogP contribution in [0.25, 0.3) is 0 Å². The fraction of sp³-hybridized carbons (Fsp3) is 0.125. The van der Waals surface area contributed by atoms with Crippen LogP contribution in [0.5, 0.6) is 0 Å². The molecule has 0 aliphatic heterocycles. The minimum Gasteiger partial charge on any atom is -0.211 e. The number of halogens is 3.